The number of benzene rings is 4. The molecule has 32 heavy (non-hydrogen) atoms. The maximum Gasteiger partial charge on any atom is 0.251 e. The van der Waals surface area contributed by atoms with E-state index in [1.807, 2.05) is 60.7 Å². The van der Waals surface area contributed by atoms with Crippen molar-refractivity contribution in [2.24, 2.45) is 0 Å². The third-order valence-corrected chi connectivity index (χ3v) is 6.62. The fourth-order valence-corrected chi connectivity index (χ4v) is 4.37. The molecule has 1 amide bonds. The first kappa shape index (κ1) is 21.3. The lowest BCUT2D eigenvalue weighted by Gasteiger charge is -2.09. The first-order chi connectivity index (χ1) is 15.5. The van der Waals surface area contributed by atoms with Gasteiger partial charge in [-0.3, -0.25) is 4.79 Å². The lowest BCUT2D eigenvalue weighted by atomic mass is 10.2. The molecule has 0 aliphatic carbocycles. The topological polar surface area (TPSA) is 72.5 Å². The molecule has 0 radical (unpaired) electrons. The number of hydrogen-bond donors (Lipinski definition) is 1. The molecule has 0 aliphatic rings. The molecule has 4 aromatic carbocycles. The maximum atomic E-state index is 13.0. The zero-order chi connectivity index (χ0) is 22.4. The van der Waals surface area contributed by atoms with Gasteiger partial charge >= 0.3 is 0 Å². The summed E-state index contributed by atoms with van der Waals surface area (Å²) in [5, 5.41) is 2.83. The number of sulfone groups is 1. The second kappa shape index (κ2) is 9.49. The average molecular weight is 444 g/mol. The van der Waals surface area contributed by atoms with Gasteiger partial charge in [-0.1, -0.05) is 48.5 Å². The molecular weight excluding hydrogens is 422 g/mol. The summed E-state index contributed by atoms with van der Waals surface area (Å²) in [4.78, 5) is 12.6. The van der Waals surface area contributed by atoms with Crippen LogP contribution in [0.4, 0.5) is 0 Å². The Bertz CT molecular complexity index is 1290. The molecule has 0 atom stereocenters. The van der Waals surface area contributed by atoms with E-state index < -0.39 is 9.84 Å². The number of rotatable bonds is 7. The minimum Gasteiger partial charge on any atom is -0.457 e. The van der Waals surface area contributed by atoms with Gasteiger partial charge < -0.3 is 10.1 Å². The summed E-state index contributed by atoms with van der Waals surface area (Å²) in [6.07, 6.45) is 0. The molecule has 0 saturated heterocycles. The Morgan fingerprint density at radius 3 is 1.75 bits per heavy atom. The summed E-state index contributed by atoms with van der Waals surface area (Å²) in [7, 11) is -3.71. The molecular formula is C26H21NO4S. The van der Waals surface area contributed by atoms with Crippen LogP contribution in [0.1, 0.15) is 15.9 Å². The van der Waals surface area contributed by atoms with Crippen molar-refractivity contribution >= 4 is 15.7 Å². The third kappa shape index (κ3) is 5.04. The van der Waals surface area contributed by atoms with E-state index in [0.29, 0.717) is 23.6 Å². The van der Waals surface area contributed by atoms with Crippen molar-refractivity contribution in [3.8, 4) is 11.5 Å². The zero-order valence-corrected chi connectivity index (χ0v) is 18.0. The summed E-state index contributed by atoms with van der Waals surface area (Å²) in [5.41, 5.74) is 1.38. The SMILES string of the molecule is O=C(NCc1ccccc1)c1ccc(S(=O)(=O)c2ccc(Oc3ccccc3)cc2)cc1. The standard InChI is InChI=1S/C26H21NO4S/c28-26(27-19-20-7-3-1-4-8-20)21-11-15-24(16-12-21)32(29,30)25-17-13-23(14-18-25)31-22-9-5-2-6-10-22/h1-18H,19H2,(H,27,28). The van der Waals surface area contributed by atoms with Crippen LogP contribution in [0.15, 0.2) is 119 Å². The lowest BCUT2D eigenvalue weighted by molar-refractivity contribution is 0.0951. The molecule has 0 unspecified atom stereocenters. The van der Waals surface area contributed by atoms with Gasteiger partial charge in [-0.15, -0.1) is 0 Å². The Morgan fingerprint density at radius 1 is 0.656 bits per heavy atom. The Kier molecular flexibility index (Phi) is 6.33. The van der Waals surface area contributed by atoms with Gasteiger partial charge in [0.15, 0.2) is 0 Å². The van der Waals surface area contributed by atoms with Crippen LogP contribution in [-0.4, -0.2) is 14.3 Å². The predicted octanol–water partition coefficient (Wildman–Crippen LogP) is 5.24. The lowest BCUT2D eigenvalue weighted by Crippen LogP contribution is -2.22. The summed E-state index contributed by atoms with van der Waals surface area (Å²) in [6, 6.07) is 31.0. The second-order valence-corrected chi connectivity index (χ2v) is 9.03. The summed E-state index contributed by atoms with van der Waals surface area (Å²) < 4.78 is 31.6. The van der Waals surface area contributed by atoms with Crippen LogP contribution >= 0.6 is 0 Å². The number of amides is 1. The van der Waals surface area contributed by atoms with Crippen LogP contribution in [0.5, 0.6) is 11.5 Å². The van der Waals surface area contributed by atoms with Crippen LogP contribution in [0.3, 0.4) is 0 Å². The molecule has 0 fully saturated rings. The zero-order valence-electron chi connectivity index (χ0n) is 17.1. The fraction of sp³-hybridized carbons (Fsp3) is 0.0385. The highest BCUT2D eigenvalue weighted by molar-refractivity contribution is 7.91. The van der Waals surface area contributed by atoms with Crippen molar-refractivity contribution in [1.29, 1.82) is 0 Å². The predicted molar refractivity (Wildman–Crippen MR) is 122 cm³/mol. The second-order valence-electron chi connectivity index (χ2n) is 7.08. The molecule has 5 nitrogen and oxygen atoms in total. The Balaban J connectivity index is 1.44. The van der Waals surface area contributed by atoms with E-state index in [9.17, 15) is 13.2 Å². The maximum absolute atomic E-state index is 13.0. The van der Waals surface area contributed by atoms with Crippen LogP contribution < -0.4 is 10.1 Å². The molecule has 0 spiro atoms. The summed E-state index contributed by atoms with van der Waals surface area (Å²) >= 11 is 0. The number of para-hydroxylation sites is 1. The van der Waals surface area contributed by atoms with E-state index in [4.69, 9.17) is 4.74 Å². The van der Waals surface area contributed by atoms with E-state index in [1.165, 1.54) is 36.4 Å². The first-order valence-electron chi connectivity index (χ1n) is 10.0. The minimum atomic E-state index is -3.71. The van der Waals surface area contributed by atoms with Gasteiger partial charge in [0.2, 0.25) is 9.84 Å². The van der Waals surface area contributed by atoms with Crippen LogP contribution in [0.25, 0.3) is 0 Å². The quantitative estimate of drug-likeness (QED) is 0.424. The number of ether oxygens (including phenoxy) is 1. The smallest absolute Gasteiger partial charge is 0.251 e. The van der Waals surface area contributed by atoms with Gasteiger partial charge in [-0.25, -0.2) is 8.42 Å². The molecule has 0 bridgehead atoms. The first-order valence-corrected chi connectivity index (χ1v) is 11.5. The van der Waals surface area contributed by atoms with Gasteiger partial charge in [0.25, 0.3) is 5.91 Å². The van der Waals surface area contributed by atoms with Crippen molar-refractivity contribution in [2.75, 3.05) is 0 Å². The van der Waals surface area contributed by atoms with E-state index >= 15 is 0 Å². The summed E-state index contributed by atoms with van der Waals surface area (Å²) in [5.74, 6) is 0.949. The number of carbonyl (C=O) groups is 1. The van der Waals surface area contributed by atoms with Gasteiger partial charge in [0, 0.05) is 12.1 Å². The Morgan fingerprint density at radius 2 is 1.16 bits per heavy atom. The van der Waals surface area contributed by atoms with E-state index in [1.54, 1.807) is 12.1 Å². The highest BCUT2D eigenvalue weighted by Gasteiger charge is 2.18. The van der Waals surface area contributed by atoms with Crippen molar-refractivity contribution in [2.45, 2.75) is 16.3 Å². The highest BCUT2D eigenvalue weighted by Crippen LogP contribution is 2.26. The Labute approximate surface area is 187 Å². The monoisotopic (exact) mass is 443 g/mol. The van der Waals surface area contributed by atoms with Crippen molar-refractivity contribution in [1.82, 2.24) is 5.32 Å². The number of nitrogens with one attached hydrogen (secondary N) is 1. The van der Waals surface area contributed by atoms with Crippen molar-refractivity contribution < 1.29 is 17.9 Å². The fourth-order valence-electron chi connectivity index (χ4n) is 3.11. The third-order valence-electron chi connectivity index (χ3n) is 4.84. The van der Waals surface area contributed by atoms with Gasteiger partial charge in [-0.2, -0.15) is 0 Å². The largest absolute Gasteiger partial charge is 0.457 e. The molecule has 4 rings (SSSR count). The summed E-state index contributed by atoms with van der Waals surface area (Å²) in [6.45, 7) is 0.400. The normalized spacial score (nSPS) is 11.0. The molecule has 160 valence electrons. The average Bonchev–Trinajstić information content (AvgIpc) is 2.84. The van der Waals surface area contributed by atoms with Gasteiger partial charge in [0.05, 0.1) is 9.79 Å². The molecule has 1 N–H and O–H groups in total. The van der Waals surface area contributed by atoms with E-state index in [2.05, 4.69) is 5.32 Å². The number of hydrogen-bond acceptors (Lipinski definition) is 4. The number of carbonyl (C=O) groups excluding carboxylic acids is 1. The van der Waals surface area contributed by atoms with Gasteiger partial charge in [-0.05, 0) is 66.2 Å². The van der Waals surface area contributed by atoms with Crippen LogP contribution in [0, 0.1) is 0 Å². The molecule has 4 aromatic rings. The molecule has 0 heterocycles. The molecule has 6 heteroatoms. The van der Waals surface area contributed by atoms with Crippen LogP contribution in [0.2, 0.25) is 0 Å². The van der Waals surface area contributed by atoms with Crippen LogP contribution in [-0.2, 0) is 16.4 Å². The Hall–Kier alpha value is -3.90. The minimum absolute atomic E-state index is 0.119. The molecule has 0 saturated carbocycles. The van der Waals surface area contributed by atoms with E-state index in [0.717, 1.165) is 5.56 Å². The van der Waals surface area contributed by atoms with Crippen molar-refractivity contribution in [3.63, 3.8) is 0 Å². The molecule has 0 aromatic heterocycles. The van der Waals surface area contributed by atoms with Gasteiger partial charge in [0.1, 0.15) is 11.5 Å². The van der Waals surface area contributed by atoms with Crippen molar-refractivity contribution in [3.05, 3.63) is 120 Å². The van der Waals surface area contributed by atoms with E-state index in [-0.39, 0.29) is 15.7 Å². The molecule has 0 aliphatic heterocycles. The highest BCUT2D eigenvalue weighted by atomic mass is 32.2.